The third kappa shape index (κ3) is 4.23. The molecule has 0 aromatic rings. The Morgan fingerprint density at radius 2 is 2.43 bits per heavy atom. The van der Waals surface area contributed by atoms with Gasteiger partial charge >= 0.3 is 0 Å². The van der Waals surface area contributed by atoms with E-state index < -0.39 is 0 Å². The van der Waals surface area contributed by atoms with Crippen molar-refractivity contribution >= 4 is 11.6 Å². The molecular weight excluding hydrogens is 182 g/mol. The Balaban J connectivity index is 2.12. The van der Waals surface area contributed by atoms with Gasteiger partial charge < -0.3 is 10.2 Å². The Bertz CT molecular complexity index is 224. The number of carbonyl (C=O) groups is 1. The number of carbonyl (C=O) groups excluding carboxylic acids is 1. The normalized spacial score (nSPS) is 17.4. The van der Waals surface area contributed by atoms with Crippen molar-refractivity contribution in [2.24, 2.45) is 5.16 Å². The molecule has 5 heteroatoms. The number of nitrogens with one attached hydrogen (secondary N) is 1. The van der Waals surface area contributed by atoms with Gasteiger partial charge in [0.25, 0.3) is 0 Å². The van der Waals surface area contributed by atoms with Crippen LogP contribution in [0.15, 0.2) is 5.16 Å². The van der Waals surface area contributed by atoms with Gasteiger partial charge in [-0.05, 0) is 13.8 Å². The molecule has 5 nitrogen and oxygen atoms in total. The first-order chi connectivity index (χ1) is 6.68. The quantitative estimate of drug-likeness (QED) is 0.388. The van der Waals surface area contributed by atoms with Crippen molar-refractivity contribution in [2.45, 2.75) is 13.8 Å². The molecule has 0 bridgehead atoms. The van der Waals surface area contributed by atoms with E-state index >= 15 is 0 Å². The van der Waals surface area contributed by atoms with Crippen LogP contribution in [-0.2, 0) is 9.63 Å². The first-order valence-corrected chi connectivity index (χ1v) is 4.80. The molecule has 0 aromatic carbocycles. The molecule has 0 aromatic heterocycles. The third-order valence-corrected chi connectivity index (χ3v) is 1.86. The van der Waals surface area contributed by atoms with Gasteiger partial charge in [0.2, 0.25) is 5.91 Å². The van der Waals surface area contributed by atoms with Crippen molar-refractivity contribution in [3.63, 3.8) is 0 Å². The number of piperazine rings is 1. The van der Waals surface area contributed by atoms with Crippen LogP contribution in [0.1, 0.15) is 13.8 Å². The summed E-state index contributed by atoms with van der Waals surface area (Å²) in [5.74, 6) is 0.0893. The molecule has 1 rings (SSSR count). The van der Waals surface area contributed by atoms with Crippen LogP contribution in [0.25, 0.3) is 0 Å². The second-order valence-electron chi connectivity index (χ2n) is 3.50. The number of rotatable bonds is 4. The molecule has 0 radical (unpaired) electrons. The van der Waals surface area contributed by atoms with E-state index in [0.717, 1.165) is 25.3 Å². The number of amides is 1. The fourth-order valence-electron chi connectivity index (χ4n) is 1.23. The summed E-state index contributed by atoms with van der Waals surface area (Å²) in [5, 5.41) is 6.59. The highest BCUT2D eigenvalue weighted by Crippen LogP contribution is 1.93. The predicted octanol–water partition coefficient (Wildman–Crippen LogP) is -0.169. The predicted molar refractivity (Wildman–Crippen MR) is 54.2 cm³/mol. The number of hydrogen-bond donors (Lipinski definition) is 1. The molecule has 14 heavy (non-hydrogen) atoms. The lowest BCUT2D eigenvalue weighted by Crippen LogP contribution is -2.48. The van der Waals surface area contributed by atoms with Crippen LogP contribution < -0.4 is 5.32 Å². The van der Waals surface area contributed by atoms with Gasteiger partial charge in [0.05, 0.1) is 12.3 Å². The van der Waals surface area contributed by atoms with E-state index in [9.17, 15) is 4.79 Å². The summed E-state index contributed by atoms with van der Waals surface area (Å²) in [6.07, 6.45) is 0. The fourth-order valence-corrected chi connectivity index (χ4v) is 1.23. The topological polar surface area (TPSA) is 53.9 Å². The minimum Gasteiger partial charge on any atom is -0.395 e. The second-order valence-corrected chi connectivity index (χ2v) is 3.50. The molecule has 1 fully saturated rings. The van der Waals surface area contributed by atoms with Crippen molar-refractivity contribution in [2.75, 3.05) is 32.8 Å². The maximum Gasteiger partial charge on any atom is 0.234 e. The monoisotopic (exact) mass is 199 g/mol. The highest BCUT2D eigenvalue weighted by atomic mass is 16.6. The molecule has 1 saturated heterocycles. The molecule has 1 heterocycles. The lowest BCUT2D eigenvalue weighted by molar-refractivity contribution is -0.124. The van der Waals surface area contributed by atoms with Crippen molar-refractivity contribution in [1.82, 2.24) is 10.2 Å². The molecule has 0 unspecified atom stereocenters. The highest BCUT2D eigenvalue weighted by Gasteiger charge is 2.15. The summed E-state index contributed by atoms with van der Waals surface area (Å²) in [6, 6.07) is 0. The maximum atomic E-state index is 11.0. The number of oxime groups is 1. The number of hydrogen-bond acceptors (Lipinski definition) is 4. The third-order valence-electron chi connectivity index (χ3n) is 1.86. The van der Waals surface area contributed by atoms with Gasteiger partial charge in [-0.3, -0.25) is 9.69 Å². The number of nitrogens with zero attached hydrogens (tertiary/aromatic N) is 2. The van der Waals surface area contributed by atoms with Crippen LogP contribution in [0, 0.1) is 0 Å². The smallest absolute Gasteiger partial charge is 0.234 e. The second kappa shape index (κ2) is 5.59. The Labute approximate surface area is 84.1 Å². The molecule has 0 saturated carbocycles. The van der Waals surface area contributed by atoms with E-state index in [1.807, 2.05) is 13.8 Å². The van der Waals surface area contributed by atoms with Gasteiger partial charge in [0.15, 0.2) is 0 Å². The van der Waals surface area contributed by atoms with Crippen molar-refractivity contribution in [3.05, 3.63) is 0 Å². The Morgan fingerprint density at radius 3 is 3.07 bits per heavy atom. The zero-order valence-corrected chi connectivity index (χ0v) is 8.75. The zero-order valence-electron chi connectivity index (χ0n) is 8.75. The Kier molecular flexibility index (Phi) is 4.39. The summed E-state index contributed by atoms with van der Waals surface area (Å²) in [4.78, 5) is 18.1. The molecule has 1 aliphatic heterocycles. The van der Waals surface area contributed by atoms with Gasteiger partial charge in [-0.1, -0.05) is 5.16 Å². The molecule has 80 valence electrons. The van der Waals surface area contributed by atoms with Gasteiger partial charge in [0, 0.05) is 19.6 Å². The van der Waals surface area contributed by atoms with E-state index in [2.05, 4.69) is 15.4 Å². The van der Waals surface area contributed by atoms with Gasteiger partial charge in [-0.25, -0.2) is 0 Å². The Morgan fingerprint density at radius 1 is 1.64 bits per heavy atom. The molecular formula is C9H17N3O2. The first kappa shape index (κ1) is 11.0. The van der Waals surface area contributed by atoms with Crippen LogP contribution in [0.3, 0.4) is 0 Å². The fraction of sp³-hybridized carbons (Fsp3) is 0.778. The highest BCUT2D eigenvalue weighted by molar-refractivity contribution is 5.78. The van der Waals surface area contributed by atoms with Crippen LogP contribution >= 0.6 is 0 Å². The van der Waals surface area contributed by atoms with Gasteiger partial charge in [0.1, 0.15) is 6.61 Å². The standard InChI is InChI=1S/C9H17N3O2/c1-8(2)11-14-6-5-12-4-3-10-9(13)7-12/h3-7H2,1-2H3,(H,10,13). The van der Waals surface area contributed by atoms with Crippen molar-refractivity contribution in [3.8, 4) is 0 Å². The van der Waals surface area contributed by atoms with Crippen LogP contribution in [0.4, 0.5) is 0 Å². The van der Waals surface area contributed by atoms with E-state index in [-0.39, 0.29) is 5.91 Å². The van der Waals surface area contributed by atoms with Gasteiger partial charge in [-0.2, -0.15) is 0 Å². The lowest BCUT2D eigenvalue weighted by Gasteiger charge is -2.25. The van der Waals surface area contributed by atoms with E-state index in [0.29, 0.717) is 13.2 Å². The molecule has 1 N–H and O–H groups in total. The largest absolute Gasteiger partial charge is 0.395 e. The van der Waals surface area contributed by atoms with Crippen LogP contribution in [0.5, 0.6) is 0 Å². The molecule has 1 amide bonds. The van der Waals surface area contributed by atoms with Crippen LogP contribution in [0.2, 0.25) is 0 Å². The van der Waals surface area contributed by atoms with E-state index in [1.165, 1.54) is 0 Å². The minimum absolute atomic E-state index is 0.0893. The molecule has 1 aliphatic rings. The summed E-state index contributed by atoms with van der Waals surface area (Å²) < 4.78 is 0. The first-order valence-electron chi connectivity index (χ1n) is 4.80. The summed E-state index contributed by atoms with van der Waals surface area (Å²) in [7, 11) is 0. The van der Waals surface area contributed by atoms with Crippen molar-refractivity contribution in [1.29, 1.82) is 0 Å². The minimum atomic E-state index is 0.0893. The summed E-state index contributed by atoms with van der Waals surface area (Å²) >= 11 is 0. The molecule has 0 spiro atoms. The lowest BCUT2D eigenvalue weighted by atomic mass is 10.3. The summed E-state index contributed by atoms with van der Waals surface area (Å²) in [6.45, 7) is 7.16. The molecule has 0 atom stereocenters. The van der Waals surface area contributed by atoms with Crippen LogP contribution in [-0.4, -0.2) is 49.3 Å². The molecule has 0 aliphatic carbocycles. The van der Waals surface area contributed by atoms with E-state index in [1.54, 1.807) is 0 Å². The summed E-state index contributed by atoms with van der Waals surface area (Å²) in [5.41, 5.74) is 0.904. The average molecular weight is 199 g/mol. The average Bonchev–Trinajstić information content (AvgIpc) is 2.12. The SMILES string of the molecule is CC(C)=NOCCN1CCNC(=O)C1. The van der Waals surface area contributed by atoms with Gasteiger partial charge in [-0.15, -0.1) is 0 Å². The maximum absolute atomic E-state index is 11.0. The zero-order chi connectivity index (χ0) is 10.4. The Hall–Kier alpha value is -1.10. The van der Waals surface area contributed by atoms with Crippen molar-refractivity contribution < 1.29 is 9.63 Å². The van der Waals surface area contributed by atoms with E-state index in [4.69, 9.17) is 4.84 Å².